The quantitative estimate of drug-likeness (QED) is 0.870. The Labute approximate surface area is 117 Å². The molecule has 1 saturated heterocycles. The molecule has 1 heterocycles. The second-order valence-corrected chi connectivity index (χ2v) is 6.37. The molecule has 1 aromatic rings. The summed E-state index contributed by atoms with van der Waals surface area (Å²) in [5.74, 6) is 0.611. The molecule has 1 aromatic carbocycles. The predicted molar refractivity (Wildman–Crippen MR) is 78.8 cm³/mol. The summed E-state index contributed by atoms with van der Waals surface area (Å²) in [5.41, 5.74) is 5.95. The third-order valence-corrected chi connectivity index (χ3v) is 4.47. The molecule has 0 aromatic heterocycles. The second-order valence-electron chi connectivity index (χ2n) is 6.37. The van der Waals surface area contributed by atoms with Crippen molar-refractivity contribution >= 4 is 0 Å². The van der Waals surface area contributed by atoms with Gasteiger partial charge in [0, 0.05) is 13.0 Å². The van der Waals surface area contributed by atoms with E-state index in [2.05, 4.69) is 49.9 Å². The third-order valence-electron chi connectivity index (χ3n) is 4.47. The number of hydrogen-bond donors (Lipinski definition) is 1. The van der Waals surface area contributed by atoms with E-state index in [0.717, 1.165) is 13.2 Å². The molecule has 0 radical (unpaired) electrons. The van der Waals surface area contributed by atoms with Crippen LogP contribution < -0.4 is 5.73 Å². The van der Waals surface area contributed by atoms with Gasteiger partial charge in [0.05, 0.1) is 12.6 Å². The third kappa shape index (κ3) is 3.80. The molecule has 0 amide bonds. The van der Waals surface area contributed by atoms with Crippen LogP contribution in [0.5, 0.6) is 0 Å². The van der Waals surface area contributed by atoms with Crippen LogP contribution in [0.25, 0.3) is 0 Å². The van der Waals surface area contributed by atoms with E-state index in [0.29, 0.717) is 17.4 Å². The monoisotopic (exact) mass is 262 g/mol. The molecule has 0 saturated carbocycles. The minimum absolute atomic E-state index is 0.399. The summed E-state index contributed by atoms with van der Waals surface area (Å²) in [5, 5.41) is 0. The lowest BCUT2D eigenvalue weighted by atomic mass is 9.69. The number of rotatable bonds is 5. The zero-order valence-electron chi connectivity index (χ0n) is 12.4. The van der Waals surface area contributed by atoms with Crippen molar-refractivity contribution in [2.24, 2.45) is 11.3 Å². The maximum atomic E-state index is 5.96. The van der Waals surface area contributed by atoms with E-state index in [4.69, 9.17) is 4.74 Å². The molecule has 106 valence electrons. The first-order valence-electron chi connectivity index (χ1n) is 7.60. The van der Waals surface area contributed by atoms with Crippen molar-refractivity contribution in [2.75, 3.05) is 13.2 Å². The van der Waals surface area contributed by atoms with Gasteiger partial charge in [-0.25, -0.2) is 0 Å². The molecule has 2 atom stereocenters. The lowest BCUT2D eigenvalue weighted by Crippen LogP contribution is -2.53. The largest absolute Gasteiger partial charge is 0.378 e. The van der Waals surface area contributed by atoms with Crippen LogP contribution >= 0.6 is 0 Å². The van der Waals surface area contributed by atoms with Crippen molar-refractivity contribution in [3.8, 4) is 0 Å². The number of ether oxygens (including phenoxy) is 1. The van der Waals surface area contributed by atoms with Crippen LogP contribution in [0.15, 0.2) is 30.3 Å². The van der Waals surface area contributed by atoms with E-state index in [9.17, 15) is 0 Å². The lowest BCUT2D eigenvalue weighted by Gasteiger charge is -2.42. The van der Waals surface area contributed by atoms with Crippen LogP contribution in [-0.4, -0.2) is 19.3 Å². The summed E-state index contributed by atoms with van der Waals surface area (Å²) in [6.45, 7) is 6.48. The molecule has 3 N–H and O–H groups in total. The predicted octanol–water partition coefficient (Wildman–Crippen LogP) is 2.68. The average molecular weight is 262 g/mol. The Morgan fingerprint density at radius 3 is 2.68 bits per heavy atom. The van der Waals surface area contributed by atoms with Crippen LogP contribution in [0.4, 0.5) is 0 Å². The molecule has 2 nitrogen and oxygen atoms in total. The van der Waals surface area contributed by atoms with Gasteiger partial charge in [-0.2, -0.15) is 0 Å². The first-order valence-corrected chi connectivity index (χ1v) is 7.60. The molecule has 2 heteroatoms. The van der Waals surface area contributed by atoms with Gasteiger partial charge in [-0.1, -0.05) is 44.2 Å². The fourth-order valence-corrected chi connectivity index (χ4v) is 3.32. The van der Waals surface area contributed by atoms with Crippen LogP contribution in [0.2, 0.25) is 0 Å². The molecule has 0 spiro atoms. The molecule has 0 bridgehead atoms. The average Bonchev–Trinajstić information content (AvgIpc) is 2.40. The zero-order chi connectivity index (χ0) is 13.7. The number of benzene rings is 1. The van der Waals surface area contributed by atoms with Gasteiger partial charge in [-0.05, 0) is 36.2 Å². The summed E-state index contributed by atoms with van der Waals surface area (Å²) in [6, 6.07) is 10.9. The summed E-state index contributed by atoms with van der Waals surface area (Å²) in [6.07, 6.45) is 5.18. The molecule has 1 aliphatic rings. The van der Waals surface area contributed by atoms with E-state index in [1.807, 2.05) is 0 Å². The highest BCUT2D eigenvalue weighted by Crippen LogP contribution is 2.41. The molecular weight excluding hydrogens is 234 g/mol. The molecule has 1 aliphatic heterocycles. The fraction of sp³-hybridized carbons (Fsp3) is 0.647. The van der Waals surface area contributed by atoms with Gasteiger partial charge in [0.2, 0.25) is 0 Å². The molecule has 0 unspecified atom stereocenters. The van der Waals surface area contributed by atoms with E-state index in [1.165, 1.54) is 31.2 Å². The first kappa shape index (κ1) is 14.5. The van der Waals surface area contributed by atoms with Gasteiger partial charge in [0.25, 0.3) is 0 Å². The van der Waals surface area contributed by atoms with Gasteiger partial charge in [-0.3, -0.25) is 0 Å². The maximum absolute atomic E-state index is 5.96. The fourth-order valence-electron chi connectivity index (χ4n) is 3.32. The van der Waals surface area contributed by atoms with E-state index in [1.54, 1.807) is 0 Å². The van der Waals surface area contributed by atoms with Gasteiger partial charge >= 0.3 is 0 Å². The van der Waals surface area contributed by atoms with Crippen LogP contribution in [0.1, 0.15) is 38.7 Å². The number of hydrogen-bond acceptors (Lipinski definition) is 1. The Morgan fingerprint density at radius 2 is 2.05 bits per heavy atom. The standard InChI is InChI=1S/C17H27NO/c1-14(2)16-13-17(8-10-18,9-11-19-16)12-15-6-4-3-5-7-15/h3-7,14,16H,8-13,18H2,1-2H3/p+1/t16-,17-/m0/s1. The van der Waals surface area contributed by atoms with Crippen LogP contribution in [0.3, 0.4) is 0 Å². The van der Waals surface area contributed by atoms with Gasteiger partial charge in [-0.15, -0.1) is 0 Å². The first-order chi connectivity index (χ1) is 9.15. The Kier molecular flexibility index (Phi) is 5.00. The van der Waals surface area contributed by atoms with E-state index in [-0.39, 0.29) is 0 Å². The summed E-state index contributed by atoms with van der Waals surface area (Å²) in [4.78, 5) is 0. The molecule has 19 heavy (non-hydrogen) atoms. The summed E-state index contributed by atoms with van der Waals surface area (Å²) < 4.78 is 5.96. The number of quaternary nitrogens is 1. The Morgan fingerprint density at radius 1 is 1.32 bits per heavy atom. The smallest absolute Gasteiger partial charge is 0.0745 e. The summed E-state index contributed by atoms with van der Waals surface area (Å²) >= 11 is 0. The van der Waals surface area contributed by atoms with Gasteiger partial charge in [0.15, 0.2) is 0 Å². The highest BCUT2D eigenvalue weighted by molar-refractivity contribution is 5.17. The zero-order valence-corrected chi connectivity index (χ0v) is 12.4. The Bertz CT molecular complexity index is 372. The SMILES string of the molecule is CC(C)[C@@H]1C[C@](CC[NH3+])(Cc2ccccc2)CCO1. The Hall–Kier alpha value is -0.860. The molecule has 1 fully saturated rings. The lowest BCUT2D eigenvalue weighted by molar-refractivity contribution is -0.373. The summed E-state index contributed by atoms with van der Waals surface area (Å²) in [7, 11) is 0. The highest BCUT2D eigenvalue weighted by Gasteiger charge is 2.37. The van der Waals surface area contributed by atoms with Crippen LogP contribution in [-0.2, 0) is 11.2 Å². The second kappa shape index (κ2) is 6.53. The van der Waals surface area contributed by atoms with E-state index < -0.39 is 0 Å². The molecule has 0 aliphatic carbocycles. The minimum Gasteiger partial charge on any atom is -0.378 e. The molecular formula is C17H28NO+. The van der Waals surface area contributed by atoms with Crippen molar-refractivity contribution in [3.05, 3.63) is 35.9 Å². The van der Waals surface area contributed by atoms with Gasteiger partial charge in [0.1, 0.15) is 0 Å². The molecule has 2 rings (SSSR count). The normalized spacial score (nSPS) is 27.7. The topological polar surface area (TPSA) is 36.9 Å². The van der Waals surface area contributed by atoms with Crippen LogP contribution in [0, 0.1) is 11.3 Å². The van der Waals surface area contributed by atoms with Crippen molar-refractivity contribution < 1.29 is 10.5 Å². The highest BCUT2D eigenvalue weighted by atomic mass is 16.5. The maximum Gasteiger partial charge on any atom is 0.0745 e. The van der Waals surface area contributed by atoms with Crippen molar-refractivity contribution in [2.45, 2.75) is 45.6 Å². The van der Waals surface area contributed by atoms with E-state index >= 15 is 0 Å². The van der Waals surface area contributed by atoms with Crippen molar-refractivity contribution in [1.29, 1.82) is 0 Å². The van der Waals surface area contributed by atoms with Gasteiger partial charge < -0.3 is 10.5 Å². The van der Waals surface area contributed by atoms with Crippen molar-refractivity contribution in [1.82, 2.24) is 0 Å². The Balaban J connectivity index is 2.12. The van der Waals surface area contributed by atoms with Crippen molar-refractivity contribution in [3.63, 3.8) is 0 Å². The minimum atomic E-state index is 0.399.